The molecular formula is C14H17F2N3. The lowest BCUT2D eigenvalue weighted by molar-refractivity contribution is 0.559. The Morgan fingerprint density at radius 3 is 2.89 bits per heavy atom. The molecule has 0 atom stereocenters. The molecule has 1 aromatic heterocycles. The van der Waals surface area contributed by atoms with Crippen LogP contribution in [0.15, 0.2) is 30.6 Å². The molecule has 0 aliphatic rings. The second kappa shape index (κ2) is 6.43. The molecule has 0 aliphatic heterocycles. The fourth-order valence-corrected chi connectivity index (χ4v) is 1.86. The predicted molar refractivity (Wildman–Crippen MR) is 69.7 cm³/mol. The topological polar surface area (TPSA) is 29.9 Å². The largest absolute Gasteiger partial charge is 0.329 e. The number of hydrogen-bond acceptors (Lipinski definition) is 2. The molecule has 0 spiro atoms. The SMILES string of the molecule is CCCNCc1nccn1Cc1ccc(F)cc1F. The molecule has 5 heteroatoms. The van der Waals surface area contributed by atoms with Gasteiger partial charge in [0.25, 0.3) is 0 Å². The van der Waals surface area contributed by atoms with Crippen LogP contribution in [0.1, 0.15) is 24.7 Å². The molecular weight excluding hydrogens is 248 g/mol. The minimum absolute atomic E-state index is 0.356. The summed E-state index contributed by atoms with van der Waals surface area (Å²) >= 11 is 0. The normalized spacial score (nSPS) is 10.9. The average molecular weight is 265 g/mol. The third-order valence-corrected chi connectivity index (χ3v) is 2.87. The third kappa shape index (κ3) is 3.61. The van der Waals surface area contributed by atoms with Gasteiger partial charge in [-0.15, -0.1) is 0 Å². The molecule has 0 unspecified atom stereocenters. The van der Waals surface area contributed by atoms with Gasteiger partial charge in [-0.2, -0.15) is 0 Å². The number of imidazole rings is 1. The van der Waals surface area contributed by atoms with E-state index in [-0.39, 0.29) is 0 Å². The van der Waals surface area contributed by atoms with Gasteiger partial charge in [-0.1, -0.05) is 13.0 Å². The Morgan fingerprint density at radius 2 is 2.16 bits per heavy atom. The Kier molecular flexibility index (Phi) is 4.63. The van der Waals surface area contributed by atoms with Crippen molar-refractivity contribution in [2.24, 2.45) is 0 Å². The Morgan fingerprint density at radius 1 is 1.32 bits per heavy atom. The highest BCUT2D eigenvalue weighted by Gasteiger charge is 2.07. The summed E-state index contributed by atoms with van der Waals surface area (Å²) in [6.07, 6.45) is 4.53. The Labute approximate surface area is 111 Å². The summed E-state index contributed by atoms with van der Waals surface area (Å²) in [4.78, 5) is 4.24. The van der Waals surface area contributed by atoms with Crippen molar-refractivity contribution in [3.8, 4) is 0 Å². The molecule has 0 saturated carbocycles. The second-order valence-corrected chi connectivity index (χ2v) is 4.38. The second-order valence-electron chi connectivity index (χ2n) is 4.38. The first-order valence-electron chi connectivity index (χ1n) is 6.35. The molecule has 19 heavy (non-hydrogen) atoms. The van der Waals surface area contributed by atoms with Crippen LogP contribution >= 0.6 is 0 Å². The van der Waals surface area contributed by atoms with Crippen LogP contribution in [-0.2, 0) is 13.1 Å². The van der Waals surface area contributed by atoms with Gasteiger partial charge in [-0.05, 0) is 19.0 Å². The summed E-state index contributed by atoms with van der Waals surface area (Å²) in [6, 6.07) is 3.64. The van der Waals surface area contributed by atoms with Crippen LogP contribution < -0.4 is 5.32 Å². The van der Waals surface area contributed by atoms with Gasteiger partial charge in [-0.3, -0.25) is 0 Å². The number of nitrogens with zero attached hydrogens (tertiary/aromatic N) is 2. The molecule has 0 fully saturated rings. The van der Waals surface area contributed by atoms with Gasteiger partial charge in [-0.25, -0.2) is 13.8 Å². The molecule has 0 bridgehead atoms. The van der Waals surface area contributed by atoms with Crippen LogP contribution in [0.25, 0.3) is 0 Å². The van der Waals surface area contributed by atoms with Crippen molar-refractivity contribution < 1.29 is 8.78 Å². The third-order valence-electron chi connectivity index (χ3n) is 2.87. The van der Waals surface area contributed by atoms with Gasteiger partial charge in [0.15, 0.2) is 0 Å². The first-order valence-corrected chi connectivity index (χ1v) is 6.35. The summed E-state index contributed by atoms with van der Waals surface area (Å²) in [5.41, 5.74) is 0.455. The van der Waals surface area contributed by atoms with Gasteiger partial charge < -0.3 is 9.88 Å². The van der Waals surface area contributed by atoms with E-state index >= 15 is 0 Å². The zero-order chi connectivity index (χ0) is 13.7. The van der Waals surface area contributed by atoms with Crippen molar-refractivity contribution >= 4 is 0 Å². The van der Waals surface area contributed by atoms with Crippen molar-refractivity contribution in [1.82, 2.24) is 14.9 Å². The number of benzene rings is 1. The van der Waals surface area contributed by atoms with E-state index in [1.807, 2.05) is 4.57 Å². The highest BCUT2D eigenvalue weighted by atomic mass is 19.1. The van der Waals surface area contributed by atoms with Gasteiger partial charge in [0.1, 0.15) is 17.5 Å². The van der Waals surface area contributed by atoms with Crippen molar-refractivity contribution in [2.75, 3.05) is 6.54 Å². The van der Waals surface area contributed by atoms with E-state index in [4.69, 9.17) is 0 Å². The Balaban J connectivity index is 2.08. The summed E-state index contributed by atoms with van der Waals surface area (Å²) in [5.74, 6) is -0.241. The molecule has 0 saturated heterocycles. The summed E-state index contributed by atoms with van der Waals surface area (Å²) in [5, 5.41) is 3.25. The quantitative estimate of drug-likeness (QED) is 0.814. The van der Waals surface area contributed by atoms with Crippen LogP contribution in [-0.4, -0.2) is 16.1 Å². The van der Waals surface area contributed by atoms with Crippen molar-refractivity contribution in [1.29, 1.82) is 0 Å². The molecule has 1 heterocycles. The molecule has 0 aliphatic carbocycles. The molecule has 102 valence electrons. The summed E-state index contributed by atoms with van der Waals surface area (Å²) in [7, 11) is 0. The van der Waals surface area contributed by atoms with Gasteiger partial charge >= 0.3 is 0 Å². The van der Waals surface area contributed by atoms with E-state index in [9.17, 15) is 8.78 Å². The van der Waals surface area contributed by atoms with E-state index in [0.29, 0.717) is 18.7 Å². The molecule has 2 aromatic rings. The van der Waals surface area contributed by atoms with Crippen LogP contribution in [0.4, 0.5) is 8.78 Å². The zero-order valence-electron chi connectivity index (χ0n) is 10.9. The van der Waals surface area contributed by atoms with Crippen LogP contribution in [0, 0.1) is 11.6 Å². The zero-order valence-corrected chi connectivity index (χ0v) is 10.9. The number of hydrogen-bond donors (Lipinski definition) is 1. The molecule has 1 aromatic carbocycles. The number of halogens is 2. The fraction of sp³-hybridized carbons (Fsp3) is 0.357. The number of rotatable bonds is 6. The van der Waals surface area contributed by atoms with Gasteiger partial charge in [0.2, 0.25) is 0 Å². The fourth-order valence-electron chi connectivity index (χ4n) is 1.86. The Bertz CT molecular complexity index is 537. The van der Waals surface area contributed by atoms with E-state index in [0.717, 1.165) is 24.9 Å². The van der Waals surface area contributed by atoms with Crippen LogP contribution in [0.3, 0.4) is 0 Å². The Hall–Kier alpha value is -1.75. The number of nitrogens with one attached hydrogen (secondary N) is 1. The first-order chi connectivity index (χ1) is 9.20. The van der Waals surface area contributed by atoms with E-state index in [1.165, 1.54) is 12.1 Å². The standard InChI is InChI=1S/C14H17F2N3/c1-2-5-17-9-14-18-6-7-19(14)10-11-3-4-12(15)8-13(11)16/h3-4,6-8,17H,2,5,9-10H2,1H3. The minimum atomic E-state index is -0.559. The van der Waals surface area contributed by atoms with Crippen LogP contribution in [0.5, 0.6) is 0 Å². The lowest BCUT2D eigenvalue weighted by atomic mass is 10.2. The van der Waals surface area contributed by atoms with Gasteiger partial charge in [0.05, 0.1) is 13.1 Å². The summed E-state index contributed by atoms with van der Waals surface area (Å²) < 4.78 is 28.3. The molecule has 2 rings (SSSR count). The maximum atomic E-state index is 13.6. The lowest BCUT2D eigenvalue weighted by Gasteiger charge is -2.09. The molecule has 3 nitrogen and oxygen atoms in total. The minimum Gasteiger partial charge on any atom is -0.329 e. The lowest BCUT2D eigenvalue weighted by Crippen LogP contribution is -2.18. The highest BCUT2D eigenvalue weighted by Crippen LogP contribution is 2.12. The number of aromatic nitrogens is 2. The first kappa shape index (κ1) is 13.7. The molecule has 1 N–H and O–H groups in total. The maximum Gasteiger partial charge on any atom is 0.131 e. The monoisotopic (exact) mass is 265 g/mol. The average Bonchev–Trinajstić information content (AvgIpc) is 2.81. The van der Waals surface area contributed by atoms with Crippen LogP contribution in [0.2, 0.25) is 0 Å². The smallest absolute Gasteiger partial charge is 0.131 e. The molecule has 0 radical (unpaired) electrons. The van der Waals surface area contributed by atoms with Crippen molar-refractivity contribution in [3.05, 3.63) is 53.6 Å². The van der Waals surface area contributed by atoms with Crippen molar-refractivity contribution in [2.45, 2.75) is 26.4 Å². The van der Waals surface area contributed by atoms with Gasteiger partial charge in [0, 0.05) is 24.0 Å². The molecule has 0 amide bonds. The van der Waals surface area contributed by atoms with E-state index in [2.05, 4.69) is 17.2 Å². The van der Waals surface area contributed by atoms with Crippen molar-refractivity contribution in [3.63, 3.8) is 0 Å². The van der Waals surface area contributed by atoms with E-state index in [1.54, 1.807) is 12.4 Å². The summed E-state index contributed by atoms with van der Waals surface area (Å²) in [6.45, 7) is 4.00. The maximum absolute atomic E-state index is 13.6. The predicted octanol–water partition coefficient (Wildman–Crippen LogP) is 2.71. The highest BCUT2D eigenvalue weighted by molar-refractivity contribution is 5.19. The van der Waals surface area contributed by atoms with E-state index < -0.39 is 11.6 Å².